The SMILES string of the molecule is NC(=O)C=CS(=O)(=O)c1ccc(NP(Cl)Cl)cc1. The molecule has 1 aromatic carbocycles. The molecule has 0 bridgehead atoms. The lowest BCUT2D eigenvalue weighted by Crippen LogP contribution is -2.07. The van der Waals surface area contributed by atoms with E-state index >= 15 is 0 Å². The number of carbonyl (C=O) groups excluding carboxylic acids is 1. The van der Waals surface area contributed by atoms with Gasteiger partial charge < -0.3 is 10.8 Å². The molecule has 0 fully saturated rings. The Labute approximate surface area is 115 Å². The molecule has 9 heteroatoms. The molecule has 0 aliphatic heterocycles. The Balaban J connectivity index is 2.94. The van der Waals surface area contributed by atoms with Crippen molar-refractivity contribution in [1.29, 1.82) is 0 Å². The number of primary amides is 1. The maximum absolute atomic E-state index is 11.7. The molecule has 1 amide bonds. The van der Waals surface area contributed by atoms with Gasteiger partial charge in [0.2, 0.25) is 5.91 Å². The van der Waals surface area contributed by atoms with Crippen molar-refractivity contribution in [3.63, 3.8) is 0 Å². The van der Waals surface area contributed by atoms with Crippen LogP contribution in [-0.2, 0) is 14.6 Å². The zero-order valence-electron chi connectivity index (χ0n) is 8.88. The number of nitrogens with one attached hydrogen (secondary N) is 1. The first-order valence-corrected chi connectivity index (χ1v) is 9.22. The second-order valence-electron chi connectivity index (χ2n) is 3.12. The quantitative estimate of drug-likeness (QED) is 0.642. The average molecular weight is 327 g/mol. The molecule has 3 N–H and O–H groups in total. The lowest BCUT2D eigenvalue weighted by Gasteiger charge is -2.06. The van der Waals surface area contributed by atoms with Gasteiger partial charge in [-0.2, -0.15) is 0 Å². The van der Waals surface area contributed by atoms with Crippen LogP contribution in [0.3, 0.4) is 0 Å². The van der Waals surface area contributed by atoms with Gasteiger partial charge in [-0.05, 0) is 24.3 Å². The summed E-state index contributed by atoms with van der Waals surface area (Å²) in [6, 6.07) is 5.78. The van der Waals surface area contributed by atoms with Crippen LogP contribution in [0.15, 0.2) is 40.6 Å². The molecular weight excluding hydrogens is 318 g/mol. The van der Waals surface area contributed by atoms with Gasteiger partial charge in [0.15, 0.2) is 16.6 Å². The molecule has 1 rings (SSSR count). The van der Waals surface area contributed by atoms with Gasteiger partial charge >= 0.3 is 0 Å². The monoisotopic (exact) mass is 326 g/mol. The Kier molecular flexibility index (Phi) is 5.41. The summed E-state index contributed by atoms with van der Waals surface area (Å²) in [6.45, 7) is -1.36. The number of halogens is 2. The maximum atomic E-state index is 11.7. The number of carbonyl (C=O) groups is 1. The van der Waals surface area contributed by atoms with Crippen LogP contribution in [0.2, 0.25) is 0 Å². The number of sulfone groups is 1. The third kappa shape index (κ3) is 4.82. The summed E-state index contributed by atoms with van der Waals surface area (Å²) in [7, 11) is -3.67. The third-order valence-electron chi connectivity index (χ3n) is 1.81. The molecule has 0 saturated heterocycles. The van der Waals surface area contributed by atoms with E-state index in [2.05, 4.69) is 5.09 Å². The Bertz CT molecular complexity index is 558. The molecule has 0 aromatic heterocycles. The molecule has 5 nitrogen and oxygen atoms in total. The lowest BCUT2D eigenvalue weighted by atomic mass is 10.3. The van der Waals surface area contributed by atoms with Gasteiger partial charge in [0.25, 0.3) is 0 Å². The van der Waals surface area contributed by atoms with Gasteiger partial charge in [0.05, 0.1) is 4.90 Å². The number of nitrogens with two attached hydrogens (primary N) is 1. The van der Waals surface area contributed by atoms with E-state index in [1.807, 2.05) is 0 Å². The minimum absolute atomic E-state index is 0.0408. The molecular formula is C9H9Cl2N2O3PS. The molecule has 18 heavy (non-hydrogen) atoms. The first kappa shape index (κ1) is 15.2. The van der Waals surface area contributed by atoms with Crippen LogP contribution in [0.25, 0.3) is 0 Å². The second kappa shape index (κ2) is 6.38. The van der Waals surface area contributed by atoms with Crippen LogP contribution in [0.4, 0.5) is 5.69 Å². The van der Waals surface area contributed by atoms with E-state index in [0.717, 1.165) is 11.5 Å². The van der Waals surface area contributed by atoms with Crippen molar-refractivity contribution in [3.8, 4) is 0 Å². The molecule has 0 unspecified atom stereocenters. The highest BCUT2D eigenvalue weighted by Crippen LogP contribution is 2.46. The van der Waals surface area contributed by atoms with Crippen molar-refractivity contribution in [2.75, 3.05) is 5.09 Å². The highest BCUT2D eigenvalue weighted by molar-refractivity contribution is 8.04. The summed E-state index contributed by atoms with van der Waals surface area (Å²) < 4.78 is 23.4. The number of amides is 1. The molecule has 0 atom stereocenters. The molecule has 0 spiro atoms. The van der Waals surface area contributed by atoms with Gasteiger partial charge in [0, 0.05) is 17.2 Å². The van der Waals surface area contributed by atoms with Crippen molar-refractivity contribution < 1.29 is 13.2 Å². The van der Waals surface area contributed by atoms with Crippen LogP contribution >= 0.6 is 29.3 Å². The van der Waals surface area contributed by atoms with E-state index in [-0.39, 0.29) is 4.90 Å². The van der Waals surface area contributed by atoms with E-state index in [1.165, 1.54) is 24.3 Å². The Morgan fingerprint density at radius 2 is 1.83 bits per heavy atom. The Hall–Kier alpha value is -0.810. The summed E-state index contributed by atoms with van der Waals surface area (Å²) in [6.07, 6.45) is 0.790. The molecule has 1 aromatic rings. The summed E-state index contributed by atoms with van der Waals surface area (Å²) in [4.78, 5) is 10.5. The lowest BCUT2D eigenvalue weighted by molar-refractivity contribution is -0.113. The topological polar surface area (TPSA) is 89.3 Å². The van der Waals surface area contributed by atoms with Crippen molar-refractivity contribution >= 4 is 50.7 Å². The Morgan fingerprint density at radius 3 is 2.28 bits per heavy atom. The Morgan fingerprint density at radius 1 is 1.28 bits per heavy atom. The fraction of sp³-hybridized carbons (Fsp3) is 0. The predicted molar refractivity (Wildman–Crippen MR) is 74.2 cm³/mol. The summed E-state index contributed by atoms with van der Waals surface area (Å²) >= 11 is 11.1. The third-order valence-corrected chi connectivity index (χ3v) is 4.17. The molecule has 0 heterocycles. The number of hydrogen-bond acceptors (Lipinski definition) is 4. The summed E-state index contributed by atoms with van der Waals surface area (Å²) in [5.41, 5.74) is 5.43. The number of anilines is 1. The van der Waals surface area contributed by atoms with E-state index in [1.54, 1.807) is 0 Å². The molecule has 0 aliphatic carbocycles. The van der Waals surface area contributed by atoms with Crippen LogP contribution < -0.4 is 10.8 Å². The summed E-state index contributed by atoms with van der Waals surface area (Å²) in [5.74, 6) is -0.827. The van der Waals surface area contributed by atoms with Gasteiger partial charge in [-0.1, -0.05) is 22.5 Å². The van der Waals surface area contributed by atoms with Crippen LogP contribution in [0, 0.1) is 0 Å². The second-order valence-corrected chi connectivity index (χ2v) is 8.19. The van der Waals surface area contributed by atoms with Gasteiger partial charge in [-0.15, -0.1) is 0 Å². The predicted octanol–water partition coefficient (Wildman–Crippen LogP) is 2.58. The van der Waals surface area contributed by atoms with Crippen LogP contribution in [0.5, 0.6) is 0 Å². The minimum atomic E-state index is -3.67. The zero-order valence-corrected chi connectivity index (χ0v) is 12.1. The molecule has 0 radical (unpaired) electrons. The molecule has 0 aliphatic rings. The minimum Gasteiger partial charge on any atom is -0.366 e. The highest BCUT2D eigenvalue weighted by atomic mass is 35.9. The molecule has 0 saturated carbocycles. The van der Waals surface area contributed by atoms with E-state index in [9.17, 15) is 13.2 Å². The van der Waals surface area contributed by atoms with E-state index in [4.69, 9.17) is 28.2 Å². The summed E-state index contributed by atoms with van der Waals surface area (Å²) in [5, 5.41) is 3.50. The molecule has 98 valence electrons. The number of benzene rings is 1. The van der Waals surface area contributed by atoms with Gasteiger partial charge in [0.1, 0.15) is 0 Å². The van der Waals surface area contributed by atoms with Gasteiger partial charge in [-0.25, -0.2) is 8.42 Å². The smallest absolute Gasteiger partial charge is 0.242 e. The first-order valence-electron chi connectivity index (χ1n) is 4.52. The number of hydrogen-bond donors (Lipinski definition) is 2. The van der Waals surface area contributed by atoms with Crippen LogP contribution in [-0.4, -0.2) is 14.3 Å². The average Bonchev–Trinajstić information content (AvgIpc) is 2.26. The van der Waals surface area contributed by atoms with E-state index < -0.39 is 22.5 Å². The largest absolute Gasteiger partial charge is 0.366 e. The normalized spacial score (nSPS) is 11.9. The maximum Gasteiger partial charge on any atom is 0.242 e. The fourth-order valence-corrected chi connectivity index (χ4v) is 2.97. The number of rotatable bonds is 5. The van der Waals surface area contributed by atoms with Gasteiger partial charge in [-0.3, -0.25) is 4.79 Å². The van der Waals surface area contributed by atoms with Crippen molar-refractivity contribution in [1.82, 2.24) is 0 Å². The zero-order chi connectivity index (χ0) is 13.8. The van der Waals surface area contributed by atoms with Crippen molar-refractivity contribution in [3.05, 3.63) is 35.7 Å². The first-order chi connectivity index (χ1) is 8.31. The van der Waals surface area contributed by atoms with Crippen LogP contribution in [0.1, 0.15) is 0 Å². The van der Waals surface area contributed by atoms with Crippen molar-refractivity contribution in [2.45, 2.75) is 4.90 Å². The highest BCUT2D eigenvalue weighted by Gasteiger charge is 2.10. The fourth-order valence-electron chi connectivity index (χ4n) is 1.05. The standard InChI is InChI=1S/C9H9Cl2N2O3PS/c10-17(11)13-7-1-3-8(4-2-7)18(15,16)6-5-9(12)14/h1-6,13H,(H2,12,14). The van der Waals surface area contributed by atoms with Crippen molar-refractivity contribution in [2.24, 2.45) is 5.73 Å². The van der Waals surface area contributed by atoms with E-state index in [0.29, 0.717) is 5.69 Å².